The lowest BCUT2D eigenvalue weighted by molar-refractivity contribution is 0.175. The maximum absolute atomic E-state index is 9.09. The monoisotopic (exact) mass is 237 g/mol. The number of rotatable bonds is 4. The molecule has 0 amide bonds. The van der Waals surface area contributed by atoms with Crippen LogP contribution in [0.5, 0.6) is 0 Å². The molecule has 3 heteroatoms. The molecule has 0 saturated heterocycles. The van der Waals surface area contributed by atoms with E-state index in [0.717, 1.165) is 30.9 Å². The number of aliphatic hydroxyl groups is 1. The third-order valence-electron chi connectivity index (χ3n) is 3.83. The van der Waals surface area contributed by atoms with Crippen LogP contribution in [0, 0.1) is 19.8 Å². The van der Waals surface area contributed by atoms with Crippen LogP contribution < -0.4 is 5.32 Å². The van der Waals surface area contributed by atoms with Crippen LogP contribution in [0.25, 0.3) is 0 Å². The Morgan fingerprint density at radius 2 is 2.00 bits per heavy atom. The Bertz CT molecular complexity index is 351. The van der Waals surface area contributed by atoms with E-state index in [0.29, 0.717) is 18.6 Å². The molecule has 96 valence electrons. The van der Waals surface area contributed by atoms with Gasteiger partial charge in [-0.25, -0.2) is 0 Å². The third-order valence-corrected chi connectivity index (χ3v) is 3.83. The molecule has 17 heavy (non-hydrogen) atoms. The molecule has 1 aliphatic rings. The van der Waals surface area contributed by atoms with Crippen LogP contribution in [0.4, 0.5) is 0 Å². The molecule has 0 atom stereocenters. The molecule has 3 nitrogen and oxygen atoms in total. The summed E-state index contributed by atoms with van der Waals surface area (Å²) in [4.78, 5) is 0. The van der Waals surface area contributed by atoms with Crippen molar-refractivity contribution in [3.05, 3.63) is 23.2 Å². The van der Waals surface area contributed by atoms with Crippen molar-refractivity contribution in [1.29, 1.82) is 0 Å². The molecule has 1 fully saturated rings. The summed E-state index contributed by atoms with van der Waals surface area (Å²) in [6, 6.07) is 2.72. The Kier molecular flexibility index (Phi) is 4.24. The van der Waals surface area contributed by atoms with E-state index in [9.17, 15) is 0 Å². The van der Waals surface area contributed by atoms with Crippen LogP contribution in [0.1, 0.15) is 42.8 Å². The quantitative estimate of drug-likeness (QED) is 0.846. The molecule has 0 aromatic carbocycles. The van der Waals surface area contributed by atoms with Gasteiger partial charge in [0.1, 0.15) is 11.5 Å². The first kappa shape index (κ1) is 12.7. The SMILES string of the molecule is Cc1cc(CNC2CCC(CO)CC2)c(C)o1. The first-order valence-electron chi connectivity index (χ1n) is 6.59. The zero-order chi connectivity index (χ0) is 12.3. The molecular formula is C14H23NO2. The van der Waals surface area contributed by atoms with Crippen LogP contribution in [-0.4, -0.2) is 17.8 Å². The summed E-state index contributed by atoms with van der Waals surface area (Å²) in [5.74, 6) is 2.55. The molecule has 0 spiro atoms. The smallest absolute Gasteiger partial charge is 0.105 e. The van der Waals surface area contributed by atoms with Crippen LogP contribution in [0.3, 0.4) is 0 Å². The van der Waals surface area contributed by atoms with Gasteiger partial charge < -0.3 is 14.8 Å². The lowest BCUT2D eigenvalue weighted by atomic mass is 9.86. The molecule has 1 aromatic heterocycles. The van der Waals surface area contributed by atoms with Gasteiger partial charge in [-0.05, 0) is 51.5 Å². The minimum absolute atomic E-state index is 0.354. The Morgan fingerprint density at radius 1 is 1.29 bits per heavy atom. The van der Waals surface area contributed by atoms with Crippen molar-refractivity contribution < 1.29 is 9.52 Å². The maximum Gasteiger partial charge on any atom is 0.105 e. The number of aliphatic hydroxyl groups excluding tert-OH is 1. The van der Waals surface area contributed by atoms with Crippen LogP contribution in [0.15, 0.2) is 10.5 Å². The molecule has 2 N–H and O–H groups in total. The summed E-state index contributed by atoms with van der Waals surface area (Å²) < 4.78 is 5.52. The van der Waals surface area contributed by atoms with Crippen LogP contribution >= 0.6 is 0 Å². The zero-order valence-corrected chi connectivity index (χ0v) is 10.8. The second-order valence-electron chi connectivity index (χ2n) is 5.22. The topological polar surface area (TPSA) is 45.4 Å². The van der Waals surface area contributed by atoms with Crippen molar-refractivity contribution in [1.82, 2.24) is 5.32 Å². The second-order valence-corrected chi connectivity index (χ2v) is 5.22. The lowest BCUT2D eigenvalue weighted by Gasteiger charge is -2.28. The summed E-state index contributed by atoms with van der Waals surface area (Å²) in [6.45, 7) is 5.26. The molecular weight excluding hydrogens is 214 g/mol. The Hall–Kier alpha value is -0.800. The fourth-order valence-electron chi connectivity index (χ4n) is 2.66. The van der Waals surface area contributed by atoms with E-state index in [1.807, 2.05) is 13.8 Å². The molecule has 0 unspecified atom stereocenters. The zero-order valence-electron chi connectivity index (χ0n) is 10.8. The van der Waals surface area contributed by atoms with E-state index in [2.05, 4.69) is 11.4 Å². The number of aryl methyl sites for hydroxylation is 2. The lowest BCUT2D eigenvalue weighted by Crippen LogP contribution is -2.33. The molecule has 1 aliphatic carbocycles. The Balaban J connectivity index is 1.77. The highest BCUT2D eigenvalue weighted by atomic mass is 16.3. The average Bonchev–Trinajstić information content (AvgIpc) is 2.66. The van der Waals surface area contributed by atoms with Gasteiger partial charge in [-0.3, -0.25) is 0 Å². The Morgan fingerprint density at radius 3 is 2.53 bits per heavy atom. The minimum atomic E-state index is 0.354. The molecule has 1 aromatic rings. The Labute approximate surface area is 103 Å². The van der Waals surface area contributed by atoms with E-state index < -0.39 is 0 Å². The summed E-state index contributed by atoms with van der Waals surface area (Å²) in [6.07, 6.45) is 4.66. The normalized spacial score (nSPS) is 25.1. The van der Waals surface area contributed by atoms with E-state index in [1.54, 1.807) is 0 Å². The van der Waals surface area contributed by atoms with Crippen LogP contribution in [-0.2, 0) is 6.54 Å². The summed E-state index contributed by atoms with van der Waals surface area (Å²) >= 11 is 0. The molecule has 0 aliphatic heterocycles. The molecule has 1 heterocycles. The van der Waals surface area contributed by atoms with Gasteiger partial charge >= 0.3 is 0 Å². The van der Waals surface area contributed by atoms with Crippen LogP contribution in [0.2, 0.25) is 0 Å². The van der Waals surface area contributed by atoms with Crippen molar-refractivity contribution in [2.75, 3.05) is 6.61 Å². The summed E-state index contributed by atoms with van der Waals surface area (Å²) in [5.41, 5.74) is 1.27. The minimum Gasteiger partial charge on any atom is -0.466 e. The maximum atomic E-state index is 9.09. The number of furan rings is 1. The first-order chi connectivity index (χ1) is 8.19. The van der Waals surface area contributed by atoms with Gasteiger partial charge in [0.2, 0.25) is 0 Å². The summed E-state index contributed by atoms with van der Waals surface area (Å²) in [5, 5.41) is 12.7. The van der Waals surface area contributed by atoms with Crippen molar-refractivity contribution in [2.24, 2.45) is 5.92 Å². The van der Waals surface area contributed by atoms with Gasteiger partial charge in [-0.1, -0.05) is 0 Å². The third kappa shape index (κ3) is 3.33. The molecule has 1 saturated carbocycles. The van der Waals surface area contributed by atoms with E-state index in [1.165, 1.54) is 18.4 Å². The average molecular weight is 237 g/mol. The summed E-state index contributed by atoms with van der Waals surface area (Å²) in [7, 11) is 0. The van der Waals surface area contributed by atoms with E-state index in [4.69, 9.17) is 9.52 Å². The van der Waals surface area contributed by atoms with Gasteiger partial charge in [0.05, 0.1) is 0 Å². The van der Waals surface area contributed by atoms with E-state index >= 15 is 0 Å². The van der Waals surface area contributed by atoms with E-state index in [-0.39, 0.29) is 0 Å². The van der Waals surface area contributed by atoms with Gasteiger partial charge in [-0.2, -0.15) is 0 Å². The molecule has 2 rings (SSSR count). The highest BCUT2D eigenvalue weighted by Crippen LogP contribution is 2.24. The molecule has 0 radical (unpaired) electrons. The first-order valence-corrected chi connectivity index (χ1v) is 6.59. The fourth-order valence-corrected chi connectivity index (χ4v) is 2.66. The predicted octanol–water partition coefficient (Wildman–Crippen LogP) is 2.54. The van der Waals surface area contributed by atoms with Gasteiger partial charge in [0.25, 0.3) is 0 Å². The second kappa shape index (κ2) is 5.69. The standard InChI is InChI=1S/C14H23NO2/c1-10-7-13(11(2)17-10)8-15-14-5-3-12(9-16)4-6-14/h7,12,14-16H,3-6,8-9H2,1-2H3. The number of hydrogen-bond acceptors (Lipinski definition) is 3. The van der Waals surface area contributed by atoms with Crippen molar-refractivity contribution >= 4 is 0 Å². The van der Waals surface area contributed by atoms with Gasteiger partial charge in [0.15, 0.2) is 0 Å². The fraction of sp³-hybridized carbons (Fsp3) is 0.714. The van der Waals surface area contributed by atoms with Gasteiger partial charge in [-0.15, -0.1) is 0 Å². The highest BCUT2D eigenvalue weighted by molar-refractivity contribution is 5.19. The highest BCUT2D eigenvalue weighted by Gasteiger charge is 2.20. The number of nitrogens with one attached hydrogen (secondary N) is 1. The molecule has 0 bridgehead atoms. The van der Waals surface area contributed by atoms with Crippen molar-refractivity contribution in [2.45, 2.75) is 52.1 Å². The van der Waals surface area contributed by atoms with Crippen molar-refractivity contribution in [3.63, 3.8) is 0 Å². The van der Waals surface area contributed by atoms with Crippen molar-refractivity contribution in [3.8, 4) is 0 Å². The predicted molar refractivity (Wildman–Crippen MR) is 67.9 cm³/mol. The largest absolute Gasteiger partial charge is 0.466 e. The number of hydrogen-bond donors (Lipinski definition) is 2. The van der Waals surface area contributed by atoms with Gasteiger partial charge in [0, 0.05) is 24.8 Å².